The quantitative estimate of drug-likeness (QED) is 0.640. The summed E-state index contributed by atoms with van der Waals surface area (Å²) in [5, 5.41) is 10.1. The number of halogens is 1. The van der Waals surface area contributed by atoms with Crippen molar-refractivity contribution in [3.05, 3.63) is 17.0 Å². The van der Waals surface area contributed by atoms with E-state index in [1.165, 1.54) is 18.1 Å². The van der Waals surface area contributed by atoms with Crippen molar-refractivity contribution < 1.29 is 5.11 Å². The molecule has 5 heteroatoms. The summed E-state index contributed by atoms with van der Waals surface area (Å²) < 4.78 is 0. The van der Waals surface area contributed by atoms with Gasteiger partial charge in [0.05, 0.1) is 6.61 Å². The standard InChI is InChI=1S/C9H13ClN2OS/c1-6(2)7-8(10)11-5-12-9(7)14-4-3-13/h5-6,13H,3-4H2,1-2H3. The first kappa shape index (κ1) is 11.8. The number of thioether (sulfide) groups is 1. The van der Waals surface area contributed by atoms with Gasteiger partial charge in [-0.3, -0.25) is 0 Å². The van der Waals surface area contributed by atoms with Crippen LogP contribution in [0.4, 0.5) is 0 Å². The molecule has 0 bridgehead atoms. The van der Waals surface area contributed by atoms with Gasteiger partial charge in [0, 0.05) is 11.3 Å². The number of aliphatic hydroxyl groups is 1. The van der Waals surface area contributed by atoms with E-state index in [9.17, 15) is 0 Å². The highest BCUT2D eigenvalue weighted by atomic mass is 35.5. The highest BCUT2D eigenvalue weighted by Gasteiger charge is 2.13. The van der Waals surface area contributed by atoms with Gasteiger partial charge >= 0.3 is 0 Å². The number of hydrogen-bond acceptors (Lipinski definition) is 4. The molecule has 1 aromatic rings. The number of nitrogens with zero attached hydrogens (tertiary/aromatic N) is 2. The second-order valence-electron chi connectivity index (χ2n) is 3.11. The molecule has 0 unspecified atom stereocenters. The van der Waals surface area contributed by atoms with Crippen LogP contribution in [0.3, 0.4) is 0 Å². The van der Waals surface area contributed by atoms with Gasteiger partial charge in [0.2, 0.25) is 0 Å². The smallest absolute Gasteiger partial charge is 0.137 e. The third-order valence-electron chi connectivity index (χ3n) is 1.71. The molecule has 3 nitrogen and oxygen atoms in total. The Bertz CT molecular complexity index is 307. The molecule has 0 fully saturated rings. The zero-order chi connectivity index (χ0) is 10.6. The topological polar surface area (TPSA) is 46.0 Å². The predicted molar refractivity (Wildman–Crippen MR) is 58.9 cm³/mol. The fourth-order valence-corrected chi connectivity index (χ4v) is 2.40. The summed E-state index contributed by atoms with van der Waals surface area (Å²) in [6.45, 7) is 4.24. The highest BCUT2D eigenvalue weighted by Crippen LogP contribution is 2.30. The zero-order valence-corrected chi connectivity index (χ0v) is 9.77. The Kier molecular flexibility index (Phi) is 4.65. The molecule has 0 atom stereocenters. The van der Waals surface area contributed by atoms with Crippen molar-refractivity contribution in [1.82, 2.24) is 9.97 Å². The van der Waals surface area contributed by atoms with Crippen LogP contribution >= 0.6 is 23.4 Å². The first-order valence-corrected chi connectivity index (χ1v) is 5.77. The zero-order valence-electron chi connectivity index (χ0n) is 8.20. The van der Waals surface area contributed by atoms with E-state index in [2.05, 4.69) is 9.97 Å². The van der Waals surface area contributed by atoms with E-state index in [0.29, 0.717) is 16.8 Å². The predicted octanol–water partition coefficient (Wildman–Crippen LogP) is 2.34. The van der Waals surface area contributed by atoms with Crippen molar-refractivity contribution in [2.45, 2.75) is 24.8 Å². The Morgan fingerprint density at radius 3 is 2.79 bits per heavy atom. The molecule has 0 spiro atoms. The minimum Gasteiger partial charge on any atom is -0.396 e. The lowest BCUT2D eigenvalue weighted by atomic mass is 10.1. The number of rotatable bonds is 4. The summed E-state index contributed by atoms with van der Waals surface area (Å²) in [7, 11) is 0. The summed E-state index contributed by atoms with van der Waals surface area (Å²) >= 11 is 7.48. The van der Waals surface area contributed by atoms with E-state index in [4.69, 9.17) is 16.7 Å². The molecule has 0 saturated heterocycles. The van der Waals surface area contributed by atoms with Crippen molar-refractivity contribution in [2.75, 3.05) is 12.4 Å². The van der Waals surface area contributed by atoms with Crippen LogP contribution in [-0.2, 0) is 0 Å². The van der Waals surface area contributed by atoms with E-state index < -0.39 is 0 Å². The maximum absolute atomic E-state index is 8.73. The Hall–Kier alpha value is -0.320. The molecule has 0 aliphatic carbocycles. The molecule has 0 aliphatic rings. The first-order chi connectivity index (χ1) is 6.66. The van der Waals surface area contributed by atoms with E-state index in [-0.39, 0.29) is 6.61 Å². The minimum atomic E-state index is 0.143. The van der Waals surface area contributed by atoms with Crippen LogP contribution in [0, 0.1) is 0 Å². The molecule has 1 aromatic heterocycles. The molecular weight excluding hydrogens is 220 g/mol. The normalized spacial score (nSPS) is 10.9. The van der Waals surface area contributed by atoms with Gasteiger partial charge in [-0.25, -0.2) is 9.97 Å². The maximum atomic E-state index is 8.73. The van der Waals surface area contributed by atoms with E-state index in [1.807, 2.05) is 13.8 Å². The molecule has 1 heterocycles. The van der Waals surface area contributed by atoms with Crippen LogP contribution in [0.15, 0.2) is 11.4 Å². The third-order valence-corrected chi connectivity index (χ3v) is 2.99. The van der Waals surface area contributed by atoms with Gasteiger partial charge in [-0.1, -0.05) is 25.4 Å². The summed E-state index contributed by atoms with van der Waals surface area (Å²) in [6, 6.07) is 0. The van der Waals surface area contributed by atoms with Gasteiger partial charge in [0.15, 0.2) is 0 Å². The van der Waals surface area contributed by atoms with Crippen LogP contribution < -0.4 is 0 Å². The minimum absolute atomic E-state index is 0.143. The lowest BCUT2D eigenvalue weighted by Gasteiger charge is -2.11. The van der Waals surface area contributed by atoms with Crippen LogP contribution in [-0.4, -0.2) is 27.4 Å². The lowest BCUT2D eigenvalue weighted by Crippen LogP contribution is -1.99. The maximum Gasteiger partial charge on any atom is 0.137 e. The van der Waals surface area contributed by atoms with Gasteiger partial charge in [0.1, 0.15) is 16.5 Å². The van der Waals surface area contributed by atoms with Crippen LogP contribution in [0.1, 0.15) is 25.3 Å². The van der Waals surface area contributed by atoms with Crippen molar-refractivity contribution in [2.24, 2.45) is 0 Å². The monoisotopic (exact) mass is 232 g/mol. The number of aromatic nitrogens is 2. The van der Waals surface area contributed by atoms with Gasteiger partial charge in [-0.15, -0.1) is 11.8 Å². The van der Waals surface area contributed by atoms with E-state index in [0.717, 1.165) is 10.6 Å². The molecule has 0 radical (unpaired) electrons. The van der Waals surface area contributed by atoms with Crippen molar-refractivity contribution in [3.8, 4) is 0 Å². The molecule has 14 heavy (non-hydrogen) atoms. The Labute approximate surface area is 92.9 Å². The third kappa shape index (κ3) is 2.83. The molecule has 0 saturated carbocycles. The summed E-state index contributed by atoms with van der Waals surface area (Å²) in [5.74, 6) is 0.928. The molecule has 0 aromatic carbocycles. The molecule has 1 N–H and O–H groups in total. The molecule has 1 rings (SSSR count). The average molecular weight is 233 g/mol. The number of aliphatic hydroxyl groups excluding tert-OH is 1. The van der Waals surface area contributed by atoms with Gasteiger partial charge in [-0.2, -0.15) is 0 Å². The van der Waals surface area contributed by atoms with Gasteiger partial charge in [0.25, 0.3) is 0 Å². The van der Waals surface area contributed by atoms with Gasteiger partial charge < -0.3 is 5.11 Å². The summed E-state index contributed by atoms with van der Waals surface area (Å²) in [5.41, 5.74) is 0.965. The largest absolute Gasteiger partial charge is 0.396 e. The SMILES string of the molecule is CC(C)c1c(Cl)ncnc1SCCO. The number of hydrogen-bond donors (Lipinski definition) is 1. The van der Waals surface area contributed by atoms with E-state index >= 15 is 0 Å². The lowest BCUT2D eigenvalue weighted by molar-refractivity contribution is 0.322. The highest BCUT2D eigenvalue weighted by molar-refractivity contribution is 7.99. The van der Waals surface area contributed by atoms with E-state index in [1.54, 1.807) is 0 Å². The molecule has 0 amide bonds. The van der Waals surface area contributed by atoms with Crippen LogP contribution in [0.2, 0.25) is 5.15 Å². The fraction of sp³-hybridized carbons (Fsp3) is 0.556. The molecule has 0 aliphatic heterocycles. The Balaban J connectivity index is 2.96. The fourth-order valence-electron chi connectivity index (χ4n) is 1.10. The average Bonchev–Trinajstić information content (AvgIpc) is 2.14. The summed E-state index contributed by atoms with van der Waals surface area (Å²) in [4.78, 5) is 8.10. The summed E-state index contributed by atoms with van der Waals surface area (Å²) in [6.07, 6.45) is 1.45. The molecule has 78 valence electrons. The van der Waals surface area contributed by atoms with Crippen LogP contribution in [0.25, 0.3) is 0 Å². The first-order valence-electron chi connectivity index (χ1n) is 4.40. The van der Waals surface area contributed by atoms with Crippen molar-refractivity contribution >= 4 is 23.4 Å². The Morgan fingerprint density at radius 1 is 1.50 bits per heavy atom. The van der Waals surface area contributed by atoms with Gasteiger partial charge in [-0.05, 0) is 5.92 Å². The van der Waals surface area contributed by atoms with Crippen LogP contribution in [0.5, 0.6) is 0 Å². The second-order valence-corrected chi connectivity index (χ2v) is 4.55. The second kappa shape index (κ2) is 5.53. The van der Waals surface area contributed by atoms with Crippen molar-refractivity contribution in [3.63, 3.8) is 0 Å². The molecular formula is C9H13ClN2OS. The van der Waals surface area contributed by atoms with Crippen molar-refractivity contribution in [1.29, 1.82) is 0 Å². The Morgan fingerprint density at radius 2 is 2.21 bits per heavy atom.